The van der Waals surface area contributed by atoms with Gasteiger partial charge in [-0.2, -0.15) is 13.2 Å². The standard InChI is InChI=1S/C22H15ClF5N5O2/c1-9-31-17(18-20(29)30-8-14(33(9)18)22(26,27)28)12-5-6-13(16(25)15(12)24)32-21(35)19(34)10-3-2-4-11(23)7-10/h2-8,19,34H,1H3,(H2,29,30)(H,32,35)/t19-/m0/s1/i1D3. The van der Waals surface area contributed by atoms with Crippen LogP contribution in [-0.4, -0.2) is 25.4 Å². The number of benzene rings is 2. The summed E-state index contributed by atoms with van der Waals surface area (Å²) in [6, 6.07) is 7.30. The molecule has 35 heavy (non-hydrogen) atoms. The maximum atomic E-state index is 15.2. The van der Waals surface area contributed by atoms with Crippen molar-refractivity contribution >= 4 is 34.5 Å². The Hall–Kier alpha value is -3.77. The number of carbonyl (C=O) groups is 1. The number of imidazole rings is 1. The summed E-state index contributed by atoms with van der Waals surface area (Å²) < 4.78 is 94.1. The van der Waals surface area contributed by atoms with Crippen molar-refractivity contribution < 1.29 is 36.0 Å². The minimum absolute atomic E-state index is 0.0672. The predicted molar refractivity (Wildman–Crippen MR) is 118 cm³/mol. The molecule has 4 aromatic rings. The van der Waals surface area contributed by atoms with Gasteiger partial charge < -0.3 is 16.2 Å². The number of alkyl halides is 3. The van der Waals surface area contributed by atoms with E-state index < -0.39 is 76.5 Å². The summed E-state index contributed by atoms with van der Waals surface area (Å²) in [5.74, 6) is -6.22. The Morgan fingerprint density at radius 3 is 2.66 bits per heavy atom. The van der Waals surface area contributed by atoms with Gasteiger partial charge in [0.2, 0.25) is 0 Å². The lowest BCUT2D eigenvalue weighted by Gasteiger charge is -2.14. The van der Waals surface area contributed by atoms with E-state index in [1.807, 2.05) is 5.32 Å². The van der Waals surface area contributed by atoms with Crippen LogP contribution in [0.4, 0.5) is 33.5 Å². The number of aliphatic hydroxyl groups is 1. The number of aryl methyl sites for hydroxylation is 1. The maximum Gasteiger partial charge on any atom is 0.433 e. The van der Waals surface area contributed by atoms with Crippen LogP contribution < -0.4 is 11.1 Å². The van der Waals surface area contributed by atoms with E-state index in [9.17, 15) is 27.5 Å². The Kier molecular flexibility index (Phi) is 5.17. The zero-order valence-electron chi connectivity index (χ0n) is 20.2. The van der Waals surface area contributed by atoms with E-state index in [1.54, 1.807) is 0 Å². The molecule has 0 spiro atoms. The molecule has 7 nitrogen and oxygen atoms in total. The summed E-state index contributed by atoms with van der Waals surface area (Å²) in [4.78, 5) is 19.5. The molecule has 4 N–H and O–H groups in total. The number of anilines is 2. The SMILES string of the molecule is [2H]C([2H])([2H])c1nc(-c2ccc(NC(=O)[C@@H](O)c3cccc(Cl)c3)c(F)c2F)c2c(N)ncc(C(F)(F)F)n12. The minimum Gasteiger partial charge on any atom is -0.382 e. The zero-order chi connectivity index (χ0) is 28.2. The molecule has 0 unspecified atom stereocenters. The third-order valence-electron chi connectivity index (χ3n) is 4.99. The van der Waals surface area contributed by atoms with Gasteiger partial charge in [0.05, 0.1) is 11.9 Å². The Bertz CT molecular complexity index is 1580. The van der Waals surface area contributed by atoms with Crippen molar-refractivity contribution in [3.63, 3.8) is 0 Å². The molecule has 13 heteroatoms. The highest BCUT2D eigenvalue weighted by molar-refractivity contribution is 6.30. The van der Waals surface area contributed by atoms with E-state index in [0.717, 1.165) is 12.1 Å². The van der Waals surface area contributed by atoms with Crippen molar-refractivity contribution in [3.8, 4) is 11.3 Å². The molecule has 2 aromatic heterocycles. The number of carbonyl (C=O) groups excluding carboxylic acids is 1. The predicted octanol–water partition coefficient (Wildman–Crippen LogP) is 4.91. The summed E-state index contributed by atoms with van der Waals surface area (Å²) in [6.45, 7) is -3.21. The quantitative estimate of drug-likeness (QED) is 0.336. The molecule has 1 amide bonds. The Morgan fingerprint density at radius 1 is 1.26 bits per heavy atom. The molecule has 0 radical (unpaired) electrons. The van der Waals surface area contributed by atoms with Crippen LogP contribution in [0.25, 0.3) is 16.8 Å². The lowest BCUT2D eigenvalue weighted by atomic mass is 10.1. The van der Waals surface area contributed by atoms with Gasteiger partial charge in [-0.15, -0.1) is 0 Å². The van der Waals surface area contributed by atoms with E-state index >= 15 is 4.39 Å². The summed E-state index contributed by atoms with van der Waals surface area (Å²) in [7, 11) is 0. The minimum atomic E-state index is -5.10. The molecule has 0 aliphatic heterocycles. The largest absolute Gasteiger partial charge is 0.433 e. The fourth-order valence-electron chi connectivity index (χ4n) is 3.39. The smallest absolute Gasteiger partial charge is 0.382 e. The summed E-state index contributed by atoms with van der Waals surface area (Å²) in [6.07, 6.45) is -6.61. The van der Waals surface area contributed by atoms with Crippen LogP contribution >= 0.6 is 11.6 Å². The van der Waals surface area contributed by atoms with Gasteiger partial charge >= 0.3 is 6.18 Å². The number of amides is 1. The number of halogens is 6. The number of nitrogens with two attached hydrogens (primary N) is 1. The second-order valence-corrected chi connectivity index (χ2v) is 7.67. The molecule has 0 aliphatic carbocycles. The number of nitrogens with one attached hydrogen (secondary N) is 1. The number of rotatable bonds is 4. The molecule has 0 bridgehead atoms. The van der Waals surface area contributed by atoms with Crippen molar-refractivity contribution in [2.75, 3.05) is 11.1 Å². The van der Waals surface area contributed by atoms with Crippen LogP contribution in [0.15, 0.2) is 42.6 Å². The number of nitrogen functional groups attached to an aromatic ring is 1. The van der Waals surface area contributed by atoms with Gasteiger partial charge in [-0.1, -0.05) is 23.7 Å². The second-order valence-electron chi connectivity index (χ2n) is 7.23. The molecule has 4 rings (SSSR count). The Morgan fingerprint density at radius 2 is 2.00 bits per heavy atom. The van der Waals surface area contributed by atoms with E-state index in [-0.39, 0.29) is 15.0 Å². The average Bonchev–Trinajstić information content (AvgIpc) is 3.22. The normalized spacial score (nSPS) is 14.3. The van der Waals surface area contributed by atoms with Gasteiger partial charge in [0.25, 0.3) is 5.91 Å². The third-order valence-corrected chi connectivity index (χ3v) is 5.22. The van der Waals surface area contributed by atoms with Crippen LogP contribution in [-0.2, 0) is 11.0 Å². The molecular weight excluding hydrogens is 497 g/mol. The highest BCUT2D eigenvalue weighted by Gasteiger charge is 2.36. The topological polar surface area (TPSA) is 106 Å². The first-order valence-corrected chi connectivity index (χ1v) is 9.96. The van der Waals surface area contributed by atoms with Crippen molar-refractivity contribution in [1.82, 2.24) is 14.4 Å². The molecule has 2 aromatic carbocycles. The Labute approximate surface area is 203 Å². The third kappa shape index (κ3) is 4.37. The van der Waals surface area contributed by atoms with Crippen LogP contribution in [0.3, 0.4) is 0 Å². The van der Waals surface area contributed by atoms with Gasteiger partial charge in [0, 0.05) is 14.7 Å². The molecule has 0 aliphatic rings. The first-order chi connectivity index (χ1) is 17.6. The summed E-state index contributed by atoms with van der Waals surface area (Å²) in [5.41, 5.74) is 1.32. The molecule has 2 heterocycles. The molecule has 0 saturated heterocycles. The number of fused-ring (bicyclic) bond motifs is 1. The van der Waals surface area contributed by atoms with Crippen LogP contribution in [0.1, 0.15) is 27.3 Å². The number of hydrogen-bond acceptors (Lipinski definition) is 5. The fraction of sp³-hybridized carbons (Fsp3) is 0.136. The summed E-state index contributed by atoms with van der Waals surface area (Å²) >= 11 is 5.82. The molecule has 182 valence electrons. The van der Waals surface area contributed by atoms with Gasteiger partial charge in [-0.05, 0) is 36.7 Å². The number of nitrogens with zero attached hydrogens (tertiary/aromatic N) is 3. The second kappa shape index (κ2) is 8.78. The number of aromatic nitrogens is 3. The van der Waals surface area contributed by atoms with E-state index in [4.69, 9.17) is 21.4 Å². The number of aliphatic hydroxyl groups excluding tert-OH is 1. The van der Waals surface area contributed by atoms with Crippen LogP contribution in [0, 0.1) is 18.5 Å². The van der Waals surface area contributed by atoms with E-state index in [1.165, 1.54) is 24.3 Å². The van der Waals surface area contributed by atoms with Gasteiger partial charge in [-0.3, -0.25) is 9.20 Å². The zero-order valence-corrected chi connectivity index (χ0v) is 17.9. The first-order valence-electron chi connectivity index (χ1n) is 11.1. The van der Waals surface area contributed by atoms with Crippen molar-refractivity contribution in [1.29, 1.82) is 0 Å². The van der Waals surface area contributed by atoms with Gasteiger partial charge in [0.15, 0.2) is 17.7 Å². The van der Waals surface area contributed by atoms with Crippen molar-refractivity contribution in [3.05, 3.63) is 76.3 Å². The van der Waals surface area contributed by atoms with Crippen molar-refractivity contribution in [2.24, 2.45) is 0 Å². The first kappa shape index (κ1) is 20.6. The Balaban J connectivity index is 1.82. The van der Waals surface area contributed by atoms with Crippen LogP contribution in [0.5, 0.6) is 0 Å². The fourth-order valence-corrected chi connectivity index (χ4v) is 3.59. The number of hydrogen-bond donors (Lipinski definition) is 3. The molecule has 1 atom stereocenters. The highest BCUT2D eigenvalue weighted by Crippen LogP contribution is 2.37. The maximum absolute atomic E-state index is 15.2. The monoisotopic (exact) mass is 514 g/mol. The van der Waals surface area contributed by atoms with E-state index in [0.29, 0.717) is 6.20 Å². The highest BCUT2D eigenvalue weighted by atomic mass is 35.5. The molecule has 0 fully saturated rings. The van der Waals surface area contributed by atoms with Gasteiger partial charge in [-0.25, -0.2) is 18.7 Å². The van der Waals surface area contributed by atoms with Gasteiger partial charge in [0.1, 0.15) is 28.5 Å². The molecular formula is C22H15ClF5N5O2. The lowest BCUT2D eigenvalue weighted by molar-refractivity contribution is -0.142. The molecule has 0 saturated carbocycles. The van der Waals surface area contributed by atoms with Crippen LogP contribution in [0.2, 0.25) is 5.02 Å². The van der Waals surface area contributed by atoms with Crippen molar-refractivity contribution in [2.45, 2.75) is 19.1 Å². The average molecular weight is 515 g/mol. The lowest BCUT2D eigenvalue weighted by Crippen LogP contribution is -2.21. The van der Waals surface area contributed by atoms with E-state index in [2.05, 4.69) is 9.97 Å². The summed E-state index contributed by atoms with van der Waals surface area (Å²) in [5, 5.41) is 12.4.